The van der Waals surface area contributed by atoms with E-state index < -0.39 is 27.8 Å². The van der Waals surface area contributed by atoms with Crippen LogP contribution in [0.3, 0.4) is 0 Å². The van der Waals surface area contributed by atoms with Crippen molar-refractivity contribution in [3.63, 3.8) is 0 Å². The summed E-state index contributed by atoms with van der Waals surface area (Å²) in [5.74, 6) is -1.80. The number of carboxylic acids is 1. The zero-order valence-electron chi connectivity index (χ0n) is 9.30. The highest BCUT2D eigenvalue weighted by Crippen LogP contribution is 2.20. The predicted octanol–water partition coefficient (Wildman–Crippen LogP) is -0.0547. The first kappa shape index (κ1) is 13.7. The lowest BCUT2D eigenvalue weighted by molar-refractivity contribution is 0.0661. The van der Waals surface area contributed by atoms with Crippen LogP contribution in [0.15, 0.2) is 15.4 Å². The van der Waals surface area contributed by atoms with Gasteiger partial charge < -0.3 is 14.6 Å². The van der Waals surface area contributed by atoms with Gasteiger partial charge in [0.15, 0.2) is 0 Å². The Morgan fingerprint density at radius 3 is 2.59 bits per heavy atom. The van der Waals surface area contributed by atoms with Crippen molar-refractivity contribution in [1.29, 1.82) is 0 Å². The quantitative estimate of drug-likeness (QED) is 0.685. The van der Waals surface area contributed by atoms with Gasteiger partial charge in [-0.1, -0.05) is 0 Å². The van der Waals surface area contributed by atoms with Crippen molar-refractivity contribution in [2.45, 2.75) is 24.8 Å². The van der Waals surface area contributed by atoms with Gasteiger partial charge in [0.1, 0.15) is 10.7 Å². The molecular formula is C9H13NO6S. The molecule has 0 saturated heterocycles. The Hall–Kier alpha value is -1.38. The second-order valence-electron chi connectivity index (χ2n) is 3.54. The average molecular weight is 263 g/mol. The average Bonchev–Trinajstić information content (AvgIpc) is 2.60. The summed E-state index contributed by atoms with van der Waals surface area (Å²) in [5, 5.41) is 17.4. The predicted molar refractivity (Wildman–Crippen MR) is 57.3 cm³/mol. The minimum Gasteiger partial charge on any atom is -0.475 e. The molecule has 7 nitrogen and oxygen atoms in total. The molecular weight excluding hydrogens is 250 g/mol. The number of rotatable bonds is 5. The highest BCUT2D eigenvalue weighted by Gasteiger charge is 2.24. The van der Waals surface area contributed by atoms with Crippen LogP contribution < -0.4 is 4.72 Å². The van der Waals surface area contributed by atoms with E-state index in [9.17, 15) is 13.2 Å². The van der Waals surface area contributed by atoms with Crippen molar-refractivity contribution in [3.8, 4) is 0 Å². The maximum atomic E-state index is 11.8. The molecule has 8 heteroatoms. The molecule has 0 radical (unpaired) electrons. The fourth-order valence-corrected chi connectivity index (χ4v) is 2.62. The summed E-state index contributed by atoms with van der Waals surface area (Å²) in [4.78, 5) is 10.4. The maximum Gasteiger partial charge on any atom is 0.371 e. The van der Waals surface area contributed by atoms with E-state index in [-0.39, 0.29) is 17.3 Å². The molecule has 0 amide bonds. The molecule has 1 rings (SSSR count). The van der Waals surface area contributed by atoms with Crippen molar-refractivity contribution < 1.29 is 27.8 Å². The third kappa shape index (κ3) is 3.05. The van der Waals surface area contributed by atoms with Crippen LogP contribution in [0.1, 0.15) is 23.2 Å². The molecule has 17 heavy (non-hydrogen) atoms. The fourth-order valence-electron chi connectivity index (χ4n) is 1.20. The molecule has 1 heterocycles. The molecule has 0 bridgehead atoms. The van der Waals surface area contributed by atoms with Crippen molar-refractivity contribution in [1.82, 2.24) is 4.72 Å². The van der Waals surface area contributed by atoms with Crippen LogP contribution in [0.5, 0.6) is 0 Å². The zero-order valence-corrected chi connectivity index (χ0v) is 10.1. The largest absolute Gasteiger partial charge is 0.475 e. The van der Waals surface area contributed by atoms with Gasteiger partial charge in [-0.3, -0.25) is 0 Å². The lowest BCUT2D eigenvalue weighted by Crippen LogP contribution is -2.35. The second kappa shape index (κ2) is 4.86. The lowest BCUT2D eigenvalue weighted by atomic mass is 10.4. The Labute approximate surface area is 98.1 Å². The number of aryl methyl sites for hydroxylation is 1. The van der Waals surface area contributed by atoms with Crippen LogP contribution in [0, 0.1) is 6.92 Å². The smallest absolute Gasteiger partial charge is 0.371 e. The van der Waals surface area contributed by atoms with Crippen LogP contribution in [0.25, 0.3) is 0 Å². The molecule has 0 saturated carbocycles. The van der Waals surface area contributed by atoms with Crippen molar-refractivity contribution in [3.05, 3.63) is 17.6 Å². The van der Waals surface area contributed by atoms with E-state index in [0.717, 1.165) is 6.07 Å². The van der Waals surface area contributed by atoms with Gasteiger partial charge in [-0.2, -0.15) is 0 Å². The number of aliphatic hydroxyl groups excluding tert-OH is 1. The van der Waals surface area contributed by atoms with Crippen molar-refractivity contribution in [2.24, 2.45) is 0 Å². The number of hydrogen-bond donors (Lipinski definition) is 3. The minimum absolute atomic E-state index is 0.0139. The van der Waals surface area contributed by atoms with Gasteiger partial charge >= 0.3 is 5.97 Å². The number of sulfonamides is 1. The molecule has 1 aromatic rings. The highest BCUT2D eigenvalue weighted by molar-refractivity contribution is 7.89. The molecule has 0 aliphatic heterocycles. The van der Waals surface area contributed by atoms with E-state index in [1.807, 2.05) is 0 Å². The second-order valence-corrected chi connectivity index (χ2v) is 5.22. The molecule has 0 aromatic carbocycles. The number of nitrogens with one attached hydrogen (secondary N) is 1. The molecule has 0 aliphatic rings. The molecule has 0 fully saturated rings. The summed E-state index contributed by atoms with van der Waals surface area (Å²) in [6.45, 7) is 2.47. The van der Waals surface area contributed by atoms with Gasteiger partial charge in [-0.25, -0.2) is 17.9 Å². The molecule has 0 spiro atoms. The third-order valence-electron chi connectivity index (χ3n) is 2.00. The molecule has 1 unspecified atom stereocenters. The first-order chi connectivity index (χ1) is 7.77. The van der Waals surface area contributed by atoms with Crippen molar-refractivity contribution in [2.75, 3.05) is 6.61 Å². The van der Waals surface area contributed by atoms with Gasteiger partial charge in [0, 0.05) is 12.1 Å². The number of aromatic carboxylic acids is 1. The van der Waals surface area contributed by atoms with E-state index in [1.54, 1.807) is 0 Å². The SMILES string of the molecule is Cc1oc(C(=O)O)cc1S(=O)(=O)NC(C)CO. The normalized spacial score (nSPS) is 13.6. The summed E-state index contributed by atoms with van der Waals surface area (Å²) in [6.07, 6.45) is 0. The Kier molecular flexibility index (Phi) is 3.91. The number of carbonyl (C=O) groups is 1. The molecule has 1 aromatic heterocycles. The monoisotopic (exact) mass is 263 g/mol. The lowest BCUT2D eigenvalue weighted by Gasteiger charge is -2.10. The molecule has 96 valence electrons. The van der Waals surface area contributed by atoms with E-state index in [4.69, 9.17) is 14.6 Å². The first-order valence-corrected chi connectivity index (χ1v) is 6.23. The van der Waals surface area contributed by atoms with Crippen LogP contribution in [-0.2, 0) is 10.0 Å². The van der Waals surface area contributed by atoms with Gasteiger partial charge in [-0.15, -0.1) is 0 Å². The number of carboxylic acid groups (broad SMARTS) is 1. The molecule has 3 N–H and O–H groups in total. The molecule has 0 aliphatic carbocycles. The summed E-state index contributed by atoms with van der Waals surface area (Å²) < 4.78 is 30.5. The molecule has 1 atom stereocenters. The van der Waals surface area contributed by atoms with E-state index in [0.29, 0.717) is 0 Å². The number of hydrogen-bond acceptors (Lipinski definition) is 5. The topological polar surface area (TPSA) is 117 Å². The Bertz CT molecular complexity index is 518. The summed E-state index contributed by atoms with van der Waals surface area (Å²) in [5.41, 5.74) is 0. The highest BCUT2D eigenvalue weighted by atomic mass is 32.2. The summed E-state index contributed by atoms with van der Waals surface area (Å²) >= 11 is 0. The minimum atomic E-state index is -3.88. The van der Waals surface area contributed by atoms with Crippen molar-refractivity contribution >= 4 is 16.0 Å². The first-order valence-electron chi connectivity index (χ1n) is 4.75. The fraction of sp³-hybridized carbons (Fsp3) is 0.444. The maximum absolute atomic E-state index is 11.8. The van der Waals surface area contributed by atoms with Crippen LogP contribution in [-0.4, -0.2) is 37.2 Å². The van der Waals surface area contributed by atoms with E-state index in [2.05, 4.69) is 4.72 Å². The number of furan rings is 1. The zero-order chi connectivity index (χ0) is 13.2. The third-order valence-corrected chi connectivity index (χ3v) is 3.70. The van der Waals surface area contributed by atoms with Crippen LogP contribution in [0.2, 0.25) is 0 Å². The van der Waals surface area contributed by atoms with Crippen LogP contribution in [0.4, 0.5) is 0 Å². The summed E-state index contributed by atoms with van der Waals surface area (Å²) in [7, 11) is -3.88. The Morgan fingerprint density at radius 2 is 2.18 bits per heavy atom. The van der Waals surface area contributed by atoms with E-state index >= 15 is 0 Å². The van der Waals surface area contributed by atoms with E-state index in [1.165, 1.54) is 13.8 Å². The Morgan fingerprint density at radius 1 is 1.59 bits per heavy atom. The van der Waals surface area contributed by atoms with Gasteiger partial charge in [0.25, 0.3) is 0 Å². The Balaban J connectivity index is 3.11. The van der Waals surface area contributed by atoms with Gasteiger partial charge in [0.2, 0.25) is 15.8 Å². The van der Waals surface area contributed by atoms with Gasteiger partial charge in [-0.05, 0) is 13.8 Å². The number of aliphatic hydroxyl groups is 1. The summed E-state index contributed by atoms with van der Waals surface area (Å²) in [6, 6.07) is 0.270. The van der Waals surface area contributed by atoms with Crippen LogP contribution >= 0.6 is 0 Å². The van der Waals surface area contributed by atoms with Gasteiger partial charge in [0.05, 0.1) is 6.61 Å². The standard InChI is InChI=1S/C9H13NO6S/c1-5(4-11)10-17(14,15)8-3-7(9(12)13)16-6(8)2/h3,5,10-11H,4H2,1-2H3,(H,12,13).